The first-order chi connectivity index (χ1) is 7.93. The van der Waals surface area contributed by atoms with Gasteiger partial charge >= 0.3 is 0 Å². The van der Waals surface area contributed by atoms with E-state index >= 15 is 0 Å². The highest BCUT2D eigenvalue weighted by Crippen LogP contribution is 2.06. The maximum absolute atomic E-state index is 10.0. The fraction of sp³-hybridized carbons (Fsp3) is 0.545. The predicted octanol–water partition coefficient (Wildman–Crippen LogP) is 0.0728. The number of anilines is 1. The van der Waals surface area contributed by atoms with Crippen LogP contribution in [0.15, 0.2) is 12.3 Å². The fourth-order valence-corrected chi connectivity index (χ4v) is 1.51. The Bertz CT molecular complexity index is 411. The average Bonchev–Trinajstić information content (AvgIpc) is 2.25. The predicted molar refractivity (Wildman–Crippen MR) is 64.4 cm³/mol. The number of hydrogen-bond donors (Lipinski definition) is 2. The molecule has 1 aromatic heterocycles. The molecule has 6 heteroatoms. The van der Waals surface area contributed by atoms with Gasteiger partial charge in [-0.05, 0) is 27.1 Å². The molecule has 1 unspecified atom stereocenters. The van der Waals surface area contributed by atoms with E-state index in [2.05, 4.69) is 15.3 Å². The summed E-state index contributed by atoms with van der Waals surface area (Å²) in [5, 5.41) is 21.6. The van der Waals surface area contributed by atoms with Gasteiger partial charge in [-0.3, -0.25) is 0 Å². The lowest BCUT2D eigenvalue weighted by atomic mass is 10.1. The molecule has 6 nitrogen and oxygen atoms in total. The van der Waals surface area contributed by atoms with Crippen LogP contribution in [-0.2, 0) is 0 Å². The van der Waals surface area contributed by atoms with Crippen molar-refractivity contribution in [1.29, 1.82) is 5.26 Å². The van der Waals surface area contributed by atoms with Crippen molar-refractivity contribution in [2.24, 2.45) is 0 Å². The molecular formula is C11H17N5O. The number of nitrogens with one attached hydrogen (secondary N) is 1. The molecule has 1 rings (SSSR count). The van der Waals surface area contributed by atoms with Crippen molar-refractivity contribution < 1.29 is 5.11 Å². The van der Waals surface area contributed by atoms with Crippen molar-refractivity contribution in [1.82, 2.24) is 14.9 Å². The van der Waals surface area contributed by atoms with Crippen LogP contribution in [0.3, 0.4) is 0 Å². The Morgan fingerprint density at radius 3 is 2.88 bits per heavy atom. The van der Waals surface area contributed by atoms with Gasteiger partial charge in [0.2, 0.25) is 5.95 Å². The first-order valence-corrected chi connectivity index (χ1v) is 5.27. The molecule has 17 heavy (non-hydrogen) atoms. The van der Waals surface area contributed by atoms with Crippen LogP contribution in [0.2, 0.25) is 0 Å². The largest absolute Gasteiger partial charge is 0.387 e. The molecule has 1 aromatic rings. The zero-order valence-corrected chi connectivity index (χ0v) is 10.3. The zero-order valence-electron chi connectivity index (χ0n) is 10.3. The molecule has 0 aliphatic carbocycles. The van der Waals surface area contributed by atoms with Crippen molar-refractivity contribution in [2.75, 3.05) is 32.5 Å². The van der Waals surface area contributed by atoms with Crippen LogP contribution >= 0.6 is 0 Å². The van der Waals surface area contributed by atoms with Gasteiger partial charge in [0.05, 0.1) is 5.60 Å². The van der Waals surface area contributed by atoms with Gasteiger partial charge in [-0.1, -0.05) is 0 Å². The van der Waals surface area contributed by atoms with Crippen LogP contribution in [0.4, 0.5) is 5.95 Å². The lowest BCUT2D eigenvalue weighted by molar-refractivity contribution is 0.0458. The van der Waals surface area contributed by atoms with Gasteiger partial charge in [0, 0.05) is 19.3 Å². The van der Waals surface area contributed by atoms with Crippen LogP contribution in [-0.4, -0.2) is 52.8 Å². The molecule has 1 heterocycles. The molecule has 0 aliphatic rings. The van der Waals surface area contributed by atoms with Crippen LogP contribution in [0.5, 0.6) is 0 Å². The first-order valence-electron chi connectivity index (χ1n) is 5.27. The third kappa shape index (κ3) is 4.76. The van der Waals surface area contributed by atoms with Crippen LogP contribution in [0, 0.1) is 11.3 Å². The smallest absolute Gasteiger partial charge is 0.223 e. The third-order valence-electron chi connectivity index (χ3n) is 2.05. The average molecular weight is 235 g/mol. The molecule has 1 atom stereocenters. The van der Waals surface area contributed by atoms with Gasteiger partial charge < -0.3 is 15.3 Å². The minimum Gasteiger partial charge on any atom is -0.387 e. The van der Waals surface area contributed by atoms with E-state index in [-0.39, 0.29) is 0 Å². The first kappa shape index (κ1) is 13.4. The van der Waals surface area contributed by atoms with E-state index < -0.39 is 5.60 Å². The Labute approximate surface area is 101 Å². The minimum atomic E-state index is -0.879. The SMILES string of the molecule is CN(C)CC(C)(O)CNc1nccc(C#N)n1. The van der Waals surface area contributed by atoms with E-state index in [0.717, 1.165) is 0 Å². The van der Waals surface area contributed by atoms with E-state index in [1.165, 1.54) is 12.3 Å². The van der Waals surface area contributed by atoms with Crippen LogP contribution in [0.1, 0.15) is 12.6 Å². The van der Waals surface area contributed by atoms with Gasteiger partial charge in [0.1, 0.15) is 11.8 Å². The second-order valence-corrected chi connectivity index (χ2v) is 4.47. The summed E-state index contributed by atoms with van der Waals surface area (Å²) in [6.45, 7) is 2.58. The standard InChI is InChI=1S/C11H17N5O/c1-11(17,8-16(2)3)7-14-10-13-5-4-9(6-12)15-10/h4-5,17H,7-8H2,1-3H3,(H,13,14,15). The third-order valence-corrected chi connectivity index (χ3v) is 2.05. The summed E-state index contributed by atoms with van der Waals surface area (Å²) in [5.41, 5.74) is -0.579. The van der Waals surface area contributed by atoms with E-state index in [1.807, 2.05) is 25.1 Å². The van der Waals surface area contributed by atoms with Gasteiger partial charge in [0.15, 0.2) is 0 Å². The quantitative estimate of drug-likeness (QED) is 0.751. The lowest BCUT2D eigenvalue weighted by Crippen LogP contribution is -2.43. The van der Waals surface area contributed by atoms with Gasteiger partial charge in [-0.2, -0.15) is 5.26 Å². The monoisotopic (exact) mass is 235 g/mol. The number of hydrogen-bond acceptors (Lipinski definition) is 6. The zero-order chi connectivity index (χ0) is 12.9. The Morgan fingerprint density at radius 2 is 2.29 bits per heavy atom. The summed E-state index contributed by atoms with van der Waals surface area (Å²) in [6.07, 6.45) is 1.51. The number of nitriles is 1. The molecule has 0 fully saturated rings. The number of aromatic nitrogens is 2. The van der Waals surface area contributed by atoms with E-state index in [0.29, 0.717) is 24.7 Å². The molecule has 0 aliphatic heterocycles. The van der Waals surface area contributed by atoms with Gasteiger partial charge in [-0.25, -0.2) is 9.97 Å². The van der Waals surface area contributed by atoms with Crippen LogP contribution < -0.4 is 5.32 Å². The number of aliphatic hydroxyl groups is 1. The van der Waals surface area contributed by atoms with E-state index in [1.54, 1.807) is 6.92 Å². The van der Waals surface area contributed by atoms with Crippen LogP contribution in [0.25, 0.3) is 0 Å². The highest BCUT2D eigenvalue weighted by Gasteiger charge is 2.21. The summed E-state index contributed by atoms with van der Waals surface area (Å²) in [6, 6.07) is 3.47. The number of rotatable bonds is 5. The van der Waals surface area contributed by atoms with Crippen molar-refractivity contribution in [3.05, 3.63) is 18.0 Å². The molecule has 0 saturated carbocycles. The van der Waals surface area contributed by atoms with Crippen molar-refractivity contribution >= 4 is 5.95 Å². The molecule has 92 valence electrons. The van der Waals surface area contributed by atoms with Crippen molar-refractivity contribution in [3.8, 4) is 6.07 Å². The topological polar surface area (TPSA) is 85.1 Å². The molecule has 0 spiro atoms. The minimum absolute atomic E-state index is 0.301. The summed E-state index contributed by atoms with van der Waals surface area (Å²) in [7, 11) is 3.78. The maximum atomic E-state index is 10.0. The molecule has 0 amide bonds. The molecular weight excluding hydrogens is 218 g/mol. The summed E-state index contributed by atoms with van der Waals surface area (Å²) < 4.78 is 0. The summed E-state index contributed by atoms with van der Waals surface area (Å²) >= 11 is 0. The Kier molecular flexibility index (Phi) is 4.37. The second-order valence-electron chi connectivity index (χ2n) is 4.47. The second kappa shape index (κ2) is 5.57. The van der Waals surface area contributed by atoms with E-state index in [4.69, 9.17) is 5.26 Å². The normalized spacial score (nSPS) is 14.1. The molecule has 2 N–H and O–H groups in total. The molecule has 0 saturated heterocycles. The molecule has 0 radical (unpaired) electrons. The highest BCUT2D eigenvalue weighted by atomic mass is 16.3. The number of likely N-dealkylation sites (N-methyl/N-ethyl adjacent to an activating group) is 1. The van der Waals surface area contributed by atoms with Gasteiger partial charge in [-0.15, -0.1) is 0 Å². The Balaban J connectivity index is 2.58. The number of nitrogens with zero attached hydrogens (tertiary/aromatic N) is 4. The Hall–Kier alpha value is -1.71. The molecule has 0 bridgehead atoms. The summed E-state index contributed by atoms with van der Waals surface area (Å²) in [4.78, 5) is 9.83. The highest BCUT2D eigenvalue weighted by molar-refractivity contribution is 5.30. The maximum Gasteiger partial charge on any atom is 0.223 e. The van der Waals surface area contributed by atoms with Crippen molar-refractivity contribution in [3.63, 3.8) is 0 Å². The summed E-state index contributed by atoms with van der Waals surface area (Å²) in [5.74, 6) is 0.350. The van der Waals surface area contributed by atoms with E-state index in [9.17, 15) is 5.11 Å². The fourth-order valence-electron chi connectivity index (χ4n) is 1.51. The van der Waals surface area contributed by atoms with Crippen molar-refractivity contribution in [2.45, 2.75) is 12.5 Å². The molecule has 0 aromatic carbocycles. The lowest BCUT2D eigenvalue weighted by Gasteiger charge is -2.26. The Morgan fingerprint density at radius 1 is 1.59 bits per heavy atom. The van der Waals surface area contributed by atoms with Gasteiger partial charge in [0.25, 0.3) is 0 Å².